The zero-order valence-electron chi connectivity index (χ0n) is 7.91. The maximum absolute atomic E-state index is 9.46. The molecule has 1 rings (SSSR count). The molecule has 1 atom stereocenters. The average molecular weight is 181 g/mol. The summed E-state index contributed by atoms with van der Waals surface area (Å²) in [6, 6.07) is 5.25. The maximum Gasteiger partial charge on any atom is 0.139 e. The molecule has 0 aliphatic rings. The molecular formula is C10H15NO2. The highest BCUT2D eigenvalue weighted by Gasteiger charge is 2.06. The fourth-order valence-corrected chi connectivity index (χ4v) is 1.11. The van der Waals surface area contributed by atoms with E-state index >= 15 is 0 Å². The van der Waals surface area contributed by atoms with Crippen LogP contribution >= 0.6 is 0 Å². The smallest absolute Gasteiger partial charge is 0.139 e. The Morgan fingerprint density at radius 3 is 2.69 bits per heavy atom. The summed E-state index contributed by atoms with van der Waals surface area (Å²) in [6.07, 6.45) is 0.000305. The number of aliphatic hydroxyl groups is 1. The Kier molecular flexibility index (Phi) is 3.14. The number of aromatic hydroxyl groups is 1. The van der Waals surface area contributed by atoms with Gasteiger partial charge in [0.15, 0.2) is 0 Å². The van der Waals surface area contributed by atoms with Gasteiger partial charge in [0.05, 0.1) is 5.69 Å². The van der Waals surface area contributed by atoms with Crippen LogP contribution in [0.2, 0.25) is 0 Å². The van der Waals surface area contributed by atoms with Crippen molar-refractivity contribution in [1.29, 1.82) is 0 Å². The van der Waals surface area contributed by atoms with E-state index in [4.69, 9.17) is 0 Å². The molecule has 13 heavy (non-hydrogen) atoms. The van der Waals surface area contributed by atoms with Crippen LogP contribution in [0.4, 0.5) is 5.69 Å². The molecule has 1 aromatic rings. The monoisotopic (exact) mass is 181 g/mol. The van der Waals surface area contributed by atoms with Gasteiger partial charge in [-0.25, -0.2) is 0 Å². The van der Waals surface area contributed by atoms with Crippen molar-refractivity contribution < 1.29 is 10.2 Å². The van der Waals surface area contributed by atoms with Crippen LogP contribution in [0.1, 0.15) is 18.9 Å². The number of hydrogen-bond acceptors (Lipinski definition) is 3. The van der Waals surface area contributed by atoms with E-state index in [1.807, 2.05) is 19.9 Å². The van der Waals surface area contributed by atoms with Gasteiger partial charge in [-0.3, -0.25) is 0 Å². The van der Waals surface area contributed by atoms with Crippen LogP contribution in [0.15, 0.2) is 18.2 Å². The summed E-state index contributed by atoms with van der Waals surface area (Å²) in [7, 11) is 0. The number of nitrogens with one attached hydrogen (secondary N) is 1. The van der Waals surface area contributed by atoms with Crippen molar-refractivity contribution in [1.82, 2.24) is 0 Å². The molecule has 1 aromatic carbocycles. The SMILES string of the molecule is CCC(O)Nc1c(C)cccc1O. The minimum atomic E-state index is -0.605. The Morgan fingerprint density at radius 1 is 1.46 bits per heavy atom. The number of phenols is 1. The van der Waals surface area contributed by atoms with Crippen molar-refractivity contribution in [2.75, 3.05) is 5.32 Å². The van der Waals surface area contributed by atoms with E-state index in [0.717, 1.165) is 5.56 Å². The van der Waals surface area contributed by atoms with Gasteiger partial charge in [-0.15, -0.1) is 0 Å². The van der Waals surface area contributed by atoms with Crippen LogP contribution in [-0.4, -0.2) is 16.4 Å². The molecule has 3 nitrogen and oxygen atoms in total. The maximum atomic E-state index is 9.46. The molecule has 0 saturated heterocycles. The molecule has 0 saturated carbocycles. The lowest BCUT2D eigenvalue weighted by molar-refractivity contribution is 0.199. The second kappa shape index (κ2) is 4.14. The van der Waals surface area contributed by atoms with Crippen LogP contribution in [0.3, 0.4) is 0 Å². The number of aryl methyl sites for hydroxylation is 1. The minimum Gasteiger partial charge on any atom is -0.506 e. The summed E-state index contributed by atoms with van der Waals surface area (Å²) in [5.74, 6) is 0.174. The molecule has 3 N–H and O–H groups in total. The first-order chi connectivity index (χ1) is 6.15. The Morgan fingerprint density at radius 2 is 2.15 bits per heavy atom. The first-order valence-electron chi connectivity index (χ1n) is 4.38. The van der Waals surface area contributed by atoms with Crippen LogP contribution in [0.5, 0.6) is 5.75 Å². The summed E-state index contributed by atoms with van der Waals surface area (Å²) in [4.78, 5) is 0. The summed E-state index contributed by atoms with van der Waals surface area (Å²) in [6.45, 7) is 3.75. The van der Waals surface area contributed by atoms with Crippen molar-refractivity contribution in [2.24, 2.45) is 0 Å². The van der Waals surface area contributed by atoms with Gasteiger partial charge >= 0.3 is 0 Å². The minimum absolute atomic E-state index is 0.174. The first-order valence-corrected chi connectivity index (χ1v) is 4.38. The first kappa shape index (κ1) is 9.86. The van der Waals surface area contributed by atoms with Gasteiger partial charge in [-0.1, -0.05) is 19.1 Å². The molecule has 0 radical (unpaired) electrons. The van der Waals surface area contributed by atoms with Gasteiger partial charge in [0.25, 0.3) is 0 Å². The van der Waals surface area contributed by atoms with Gasteiger partial charge in [-0.05, 0) is 25.0 Å². The molecule has 1 unspecified atom stereocenters. The third-order valence-corrected chi connectivity index (χ3v) is 1.95. The van der Waals surface area contributed by atoms with E-state index in [2.05, 4.69) is 5.32 Å². The quantitative estimate of drug-likeness (QED) is 0.492. The molecule has 3 heteroatoms. The van der Waals surface area contributed by atoms with E-state index in [0.29, 0.717) is 12.1 Å². The molecule has 0 heterocycles. The molecule has 72 valence electrons. The fourth-order valence-electron chi connectivity index (χ4n) is 1.11. The number of para-hydroxylation sites is 1. The second-order valence-electron chi connectivity index (χ2n) is 3.04. The van der Waals surface area contributed by atoms with Crippen molar-refractivity contribution in [3.8, 4) is 5.75 Å². The average Bonchev–Trinajstić information content (AvgIpc) is 2.11. The predicted molar refractivity (Wildman–Crippen MR) is 52.8 cm³/mol. The van der Waals surface area contributed by atoms with Crippen LogP contribution in [0, 0.1) is 6.92 Å². The van der Waals surface area contributed by atoms with Crippen molar-refractivity contribution in [3.05, 3.63) is 23.8 Å². The lowest BCUT2D eigenvalue weighted by Gasteiger charge is -2.15. The standard InChI is InChI=1S/C10H15NO2/c1-3-9(13)11-10-7(2)5-4-6-8(10)12/h4-6,9,11-13H,3H2,1-2H3. The normalized spacial score (nSPS) is 12.5. The Bertz CT molecular complexity index is 266. The molecule has 0 amide bonds. The van der Waals surface area contributed by atoms with E-state index in [1.54, 1.807) is 12.1 Å². The number of rotatable bonds is 3. The molecule has 0 fully saturated rings. The fraction of sp³-hybridized carbons (Fsp3) is 0.400. The van der Waals surface area contributed by atoms with Gasteiger partial charge in [0.1, 0.15) is 12.0 Å². The zero-order valence-corrected chi connectivity index (χ0v) is 7.91. The largest absolute Gasteiger partial charge is 0.506 e. The van der Waals surface area contributed by atoms with Gasteiger partial charge in [-0.2, -0.15) is 0 Å². The van der Waals surface area contributed by atoms with Crippen LogP contribution < -0.4 is 5.32 Å². The van der Waals surface area contributed by atoms with Crippen molar-refractivity contribution in [3.63, 3.8) is 0 Å². The highest BCUT2D eigenvalue weighted by atomic mass is 16.3. The van der Waals surface area contributed by atoms with Crippen molar-refractivity contribution >= 4 is 5.69 Å². The van der Waals surface area contributed by atoms with Gasteiger partial charge < -0.3 is 15.5 Å². The second-order valence-corrected chi connectivity index (χ2v) is 3.04. The Hall–Kier alpha value is -1.22. The van der Waals surface area contributed by atoms with E-state index in [-0.39, 0.29) is 5.75 Å². The third-order valence-electron chi connectivity index (χ3n) is 1.95. The van der Waals surface area contributed by atoms with E-state index in [1.165, 1.54) is 0 Å². The number of phenolic OH excluding ortho intramolecular Hbond substituents is 1. The van der Waals surface area contributed by atoms with Crippen molar-refractivity contribution in [2.45, 2.75) is 26.5 Å². The lowest BCUT2D eigenvalue weighted by atomic mass is 10.2. The van der Waals surface area contributed by atoms with Crippen LogP contribution in [0.25, 0.3) is 0 Å². The summed E-state index contributed by atoms with van der Waals surface area (Å²) in [5.41, 5.74) is 1.53. The topological polar surface area (TPSA) is 52.5 Å². The van der Waals surface area contributed by atoms with Crippen LogP contribution in [-0.2, 0) is 0 Å². The number of benzene rings is 1. The third kappa shape index (κ3) is 2.36. The molecule has 0 aromatic heterocycles. The number of hydrogen-bond donors (Lipinski definition) is 3. The molecule has 0 spiro atoms. The predicted octanol–water partition coefficient (Wildman–Crippen LogP) is 1.84. The Balaban J connectivity index is 2.87. The Labute approximate surface area is 78.0 Å². The summed E-state index contributed by atoms with van der Waals surface area (Å²) in [5, 5.41) is 21.6. The highest BCUT2D eigenvalue weighted by molar-refractivity contribution is 5.61. The highest BCUT2D eigenvalue weighted by Crippen LogP contribution is 2.26. The lowest BCUT2D eigenvalue weighted by Crippen LogP contribution is -2.17. The molecule has 0 bridgehead atoms. The van der Waals surface area contributed by atoms with Gasteiger partial charge in [0.2, 0.25) is 0 Å². The van der Waals surface area contributed by atoms with Gasteiger partial charge in [0, 0.05) is 0 Å². The number of aliphatic hydroxyl groups excluding tert-OH is 1. The molecular weight excluding hydrogens is 166 g/mol. The number of anilines is 1. The summed E-state index contributed by atoms with van der Waals surface area (Å²) < 4.78 is 0. The summed E-state index contributed by atoms with van der Waals surface area (Å²) >= 11 is 0. The molecule has 0 aliphatic heterocycles. The van der Waals surface area contributed by atoms with E-state index in [9.17, 15) is 10.2 Å². The zero-order chi connectivity index (χ0) is 9.84. The van der Waals surface area contributed by atoms with E-state index < -0.39 is 6.23 Å². The molecule has 0 aliphatic carbocycles.